The molecule has 0 saturated carbocycles. The molecule has 1 unspecified atom stereocenters. The normalized spacial score (nSPS) is 12.7. The lowest BCUT2D eigenvalue weighted by atomic mass is 9.99. The molecule has 336 valence electrons. The SMILES string of the molecule is Cc1cc(-c2ccccc2OC(C)C[C@H](C)Oc2ccccc2-c2cc(C)cc(-n3c4ccccc4c4cc(C)c(C)cc43)c2O)c(O)c(-n2c3cc(C)c(C)cc3c3cc(C)c(C)cc32)c1. The molecule has 2 atom stereocenters. The minimum atomic E-state index is -0.245. The molecule has 2 aromatic heterocycles. The standard InChI is InChI=1S/C61H58N2O4/c1-34-23-50(60(64)56(25-34)62-52-20-14-11-17-44(52)47-27-36(3)39(6)30-53(47)62)45-18-12-15-21-58(45)66-42(9)33-43(10)67-59-22-16-13-19-46(59)51-24-35(2)26-57(61(51)65)63-54-31-40(7)37(4)28-48(54)49-29-38(5)41(8)32-55(49)63/h11-32,42-43,64-65H,33H2,1-10H3/t42-,43?/m0/s1. The van der Waals surface area contributed by atoms with Gasteiger partial charge < -0.3 is 28.8 Å². The van der Waals surface area contributed by atoms with E-state index in [0.29, 0.717) is 29.0 Å². The van der Waals surface area contributed by atoms with Crippen molar-refractivity contribution in [1.82, 2.24) is 9.13 Å². The Hall–Kier alpha value is -7.44. The molecule has 0 spiro atoms. The lowest BCUT2D eigenvalue weighted by Crippen LogP contribution is -2.23. The van der Waals surface area contributed by atoms with Gasteiger partial charge in [-0.3, -0.25) is 0 Å². The maximum atomic E-state index is 12.4. The van der Waals surface area contributed by atoms with E-state index in [1.165, 1.54) is 44.2 Å². The minimum Gasteiger partial charge on any atom is -0.505 e. The highest BCUT2D eigenvalue weighted by molar-refractivity contribution is 6.11. The fraction of sp³-hybridized carbons (Fsp3) is 0.213. The van der Waals surface area contributed by atoms with Crippen LogP contribution < -0.4 is 9.47 Å². The first kappa shape index (κ1) is 43.5. The van der Waals surface area contributed by atoms with E-state index in [1.807, 2.05) is 60.7 Å². The number of fused-ring (bicyclic) bond motifs is 6. The van der Waals surface area contributed by atoms with E-state index < -0.39 is 0 Å². The van der Waals surface area contributed by atoms with Crippen molar-refractivity contribution < 1.29 is 19.7 Å². The van der Waals surface area contributed by atoms with E-state index in [2.05, 4.69) is 151 Å². The number of benzene rings is 8. The number of hydrogen-bond donors (Lipinski definition) is 2. The van der Waals surface area contributed by atoms with Gasteiger partial charge >= 0.3 is 0 Å². The summed E-state index contributed by atoms with van der Waals surface area (Å²) in [5.74, 6) is 1.76. The molecule has 0 aliphatic rings. The van der Waals surface area contributed by atoms with Gasteiger partial charge in [0.1, 0.15) is 23.0 Å². The van der Waals surface area contributed by atoms with E-state index in [4.69, 9.17) is 9.47 Å². The largest absolute Gasteiger partial charge is 0.505 e. The van der Waals surface area contributed by atoms with E-state index in [9.17, 15) is 10.2 Å². The number of aromatic hydroxyl groups is 2. The van der Waals surface area contributed by atoms with E-state index in [0.717, 1.165) is 66.5 Å². The highest BCUT2D eigenvalue weighted by atomic mass is 16.5. The van der Waals surface area contributed by atoms with Gasteiger partial charge in [0.2, 0.25) is 0 Å². The van der Waals surface area contributed by atoms with Gasteiger partial charge in [-0.25, -0.2) is 0 Å². The number of rotatable bonds is 10. The van der Waals surface area contributed by atoms with Crippen LogP contribution in [0.2, 0.25) is 0 Å². The molecule has 0 radical (unpaired) electrons. The van der Waals surface area contributed by atoms with Gasteiger partial charge in [0.15, 0.2) is 0 Å². The van der Waals surface area contributed by atoms with Crippen LogP contribution in [0.5, 0.6) is 23.0 Å². The molecule has 0 saturated heterocycles. The second kappa shape index (κ2) is 16.8. The number of nitrogens with zero attached hydrogens (tertiary/aromatic N) is 2. The van der Waals surface area contributed by atoms with E-state index in [-0.39, 0.29) is 23.7 Å². The molecule has 67 heavy (non-hydrogen) atoms. The van der Waals surface area contributed by atoms with Gasteiger partial charge in [-0.1, -0.05) is 54.6 Å². The first-order chi connectivity index (χ1) is 32.2. The van der Waals surface area contributed by atoms with E-state index in [1.54, 1.807) is 0 Å². The van der Waals surface area contributed by atoms with Crippen molar-refractivity contribution in [3.63, 3.8) is 0 Å². The Morgan fingerprint density at radius 3 is 1.19 bits per heavy atom. The lowest BCUT2D eigenvalue weighted by Gasteiger charge is -2.24. The highest BCUT2D eigenvalue weighted by Gasteiger charge is 2.24. The van der Waals surface area contributed by atoms with Crippen molar-refractivity contribution in [2.24, 2.45) is 0 Å². The Balaban J connectivity index is 0.952. The smallest absolute Gasteiger partial charge is 0.147 e. The number of phenolic OH excluding ortho intramolecular Hbond substituents is 2. The van der Waals surface area contributed by atoms with Crippen LogP contribution in [0.4, 0.5) is 0 Å². The second-order valence-electron chi connectivity index (χ2n) is 19.0. The van der Waals surface area contributed by atoms with Crippen molar-refractivity contribution >= 4 is 43.6 Å². The first-order valence-electron chi connectivity index (χ1n) is 23.4. The third-order valence-corrected chi connectivity index (χ3v) is 13.9. The summed E-state index contributed by atoms with van der Waals surface area (Å²) in [5, 5.41) is 29.3. The van der Waals surface area contributed by atoms with Gasteiger partial charge in [-0.05, 0) is 193 Å². The summed E-state index contributed by atoms with van der Waals surface area (Å²) >= 11 is 0. The molecular weight excluding hydrogens is 825 g/mol. The predicted molar refractivity (Wildman–Crippen MR) is 278 cm³/mol. The zero-order chi connectivity index (χ0) is 47.0. The van der Waals surface area contributed by atoms with Crippen LogP contribution in [0.1, 0.15) is 64.8 Å². The Morgan fingerprint density at radius 1 is 0.388 bits per heavy atom. The third kappa shape index (κ3) is 7.55. The minimum absolute atomic E-state index is 0.194. The summed E-state index contributed by atoms with van der Waals surface area (Å²) < 4.78 is 18.0. The Morgan fingerprint density at radius 2 is 0.746 bits per heavy atom. The maximum Gasteiger partial charge on any atom is 0.147 e. The number of ether oxygens (including phenoxy) is 2. The zero-order valence-corrected chi connectivity index (χ0v) is 40.2. The van der Waals surface area contributed by atoms with Gasteiger partial charge in [0.05, 0.1) is 45.6 Å². The number of aryl methyl sites for hydroxylation is 8. The molecule has 0 bridgehead atoms. The summed E-state index contributed by atoms with van der Waals surface area (Å²) in [7, 11) is 0. The van der Waals surface area contributed by atoms with Crippen LogP contribution in [0.3, 0.4) is 0 Å². The Bertz CT molecular complexity index is 3540. The molecule has 0 fully saturated rings. The van der Waals surface area contributed by atoms with Crippen molar-refractivity contribution in [2.45, 2.75) is 87.9 Å². The van der Waals surface area contributed by atoms with Crippen molar-refractivity contribution in [1.29, 1.82) is 0 Å². The molecular formula is C61H58N2O4. The molecule has 10 rings (SSSR count). The molecule has 8 aromatic carbocycles. The summed E-state index contributed by atoms with van der Waals surface area (Å²) in [6.45, 7) is 21.2. The quantitative estimate of drug-likeness (QED) is 0.144. The van der Waals surface area contributed by atoms with Crippen LogP contribution in [0.25, 0.3) is 77.2 Å². The van der Waals surface area contributed by atoms with Gasteiger partial charge in [-0.15, -0.1) is 0 Å². The summed E-state index contributed by atoms with van der Waals surface area (Å²) in [5.41, 5.74) is 18.1. The summed E-state index contributed by atoms with van der Waals surface area (Å²) in [6.07, 6.45) is 0.0928. The van der Waals surface area contributed by atoms with Crippen LogP contribution in [-0.2, 0) is 0 Å². The fourth-order valence-corrected chi connectivity index (χ4v) is 10.1. The number of hydrogen-bond acceptors (Lipinski definition) is 4. The number of aromatic nitrogens is 2. The zero-order valence-electron chi connectivity index (χ0n) is 40.2. The van der Waals surface area contributed by atoms with E-state index >= 15 is 0 Å². The van der Waals surface area contributed by atoms with Gasteiger partial charge in [0.25, 0.3) is 0 Å². The first-order valence-corrected chi connectivity index (χ1v) is 23.4. The highest BCUT2D eigenvalue weighted by Crippen LogP contribution is 2.46. The predicted octanol–water partition coefficient (Wildman–Crippen LogP) is 15.7. The van der Waals surface area contributed by atoms with Crippen LogP contribution in [0.15, 0.2) is 133 Å². The molecule has 6 heteroatoms. The summed E-state index contributed by atoms with van der Waals surface area (Å²) in [6, 6.07) is 46.1. The van der Waals surface area contributed by atoms with Crippen molar-refractivity contribution in [2.75, 3.05) is 0 Å². The van der Waals surface area contributed by atoms with Crippen molar-refractivity contribution in [3.05, 3.63) is 178 Å². The third-order valence-electron chi connectivity index (χ3n) is 13.9. The van der Waals surface area contributed by atoms with Crippen LogP contribution in [-0.4, -0.2) is 31.6 Å². The van der Waals surface area contributed by atoms with Crippen LogP contribution in [0, 0.1) is 55.4 Å². The van der Waals surface area contributed by atoms with Crippen molar-refractivity contribution in [3.8, 4) is 56.6 Å². The van der Waals surface area contributed by atoms with Gasteiger partial charge in [-0.2, -0.15) is 0 Å². The lowest BCUT2D eigenvalue weighted by molar-refractivity contribution is 0.131. The molecule has 2 heterocycles. The Labute approximate surface area is 393 Å². The number of para-hydroxylation sites is 3. The number of phenols is 2. The Kier molecular flexibility index (Phi) is 10.9. The maximum absolute atomic E-state index is 12.4. The average Bonchev–Trinajstić information content (AvgIpc) is 3.76. The topological polar surface area (TPSA) is 68.8 Å². The molecule has 0 aliphatic heterocycles. The average molecular weight is 883 g/mol. The summed E-state index contributed by atoms with van der Waals surface area (Å²) in [4.78, 5) is 0. The molecule has 2 N–H and O–H groups in total. The molecule has 0 amide bonds. The van der Waals surface area contributed by atoms with Crippen LogP contribution >= 0.6 is 0 Å². The molecule has 6 nitrogen and oxygen atoms in total. The molecule has 10 aromatic rings. The fourth-order valence-electron chi connectivity index (χ4n) is 10.1. The molecule has 0 aliphatic carbocycles. The second-order valence-corrected chi connectivity index (χ2v) is 19.0. The van der Waals surface area contributed by atoms with Gasteiger partial charge in [0, 0.05) is 50.2 Å². The monoisotopic (exact) mass is 882 g/mol.